The first-order valence-corrected chi connectivity index (χ1v) is 31.5. The summed E-state index contributed by atoms with van der Waals surface area (Å²) < 4.78 is 10.6. The molecule has 5 heterocycles. The molecule has 0 aliphatic carbocycles. The molecule has 0 amide bonds. The van der Waals surface area contributed by atoms with Crippen LogP contribution >= 0.6 is 0 Å². The van der Waals surface area contributed by atoms with Gasteiger partial charge in [0.1, 0.15) is 0 Å². The first kappa shape index (κ1) is 49.7. The van der Waals surface area contributed by atoms with Crippen LogP contribution in [0, 0.1) is 0 Å². The molecule has 406 valence electrons. The molecule has 0 bridgehead atoms. The largest absolute Gasteiger partial charge is 0.0602 e. The third-order valence-electron chi connectivity index (χ3n) is 18.0. The fourth-order valence-electron chi connectivity index (χ4n) is 14.4. The molecule has 0 spiro atoms. The van der Waals surface area contributed by atoms with Crippen molar-refractivity contribution >= 4 is 165 Å². The van der Waals surface area contributed by atoms with Crippen LogP contribution in [0.3, 0.4) is 0 Å². The minimum atomic E-state index is -0.168. The maximum absolute atomic E-state index is 7.78. The quantitative estimate of drug-likeness (QED) is 0.134. The molecule has 87 heavy (non-hydrogen) atoms. The second-order valence-corrected chi connectivity index (χ2v) is 25.1. The summed E-state index contributed by atoms with van der Waals surface area (Å²) in [5, 5.41) is 2.66. The zero-order valence-corrected chi connectivity index (χ0v) is 48.9. The Labute approximate surface area is 512 Å². The van der Waals surface area contributed by atoms with Crippen molar-refractivity contribution in [3.63, 3.8) is 0 Å². The second-order valence-electron chi connectivity index (χ2n) is 22.8. The van der Waals surface area contributed by atoms with E-state index >= 15 is 0 Å². The fourth-order valence-corrected chi connectivity index (χ4v) is 16.8. The van der Waals surface area contributed by atoms with Crippen molar-refractivity contribution < 1.29 is 4.74 Å². The van der Waals surface area contributed by atoms with Crippen molar-refractivity contribution in [3.05, 3.63) is 309 Å². The predicted molar refractivity (Wildman–Crippen MR) is 368 cm³/mol. The standard InChI is InChI=1S/C78H51B2N5OSe/c1-7-25-52(26-8-1)81(53-27-9-2-10-28-53)59-45-70-77-71(46-59)85(58-43-44-62-61-37-19-24-42-75(61)87-76(62)49-58)69-51-73-66(50-65(69)79(77)63-38-20-22-40-67(63)83(70)56-33-15-5-16-34-56)80-64-39-21-23-41-68(64)84(57-35-17-6-18-36-57)72-47-60(48-74(86-73)78(72)80)82(54-29-11-3-12-30-54)55-31-13-4-14-32-55/h1-51H. The molecular weight excluding hydrogens is 1120 g/mol. The van der Waals surface area contributed by atoms with Crippen LogP contribution in [0.2, 0.25) is 0 Å². The summed E-state index contributed by atoms with van der Waals surface area (Å²) in [6.07, 6.45) is 0. The van der Waals surface area contributed by atoms with E-state index in [4.69, 9.17) is 4.74 Å². The van der Waals surface area contributed by atoms with E-state index in [0.717, 1.165) is 108 Å². The third-order valence-corrected chi connectivity index (χ3v) is 20.3. The number of benzene rings is 13. The van der Waals surface area contributed by atoms with E-state index in [9.17, 15) is 0 Å². The number of rotatable bonds is 9. The summed E-state index contributed by atoms with van der Waals surface area (Å²) in [6, 6.07) is 114. The second kappa shape index (κ2) is 20.0. The molecule has 9 heteroatoms. The first-order valence-electron chi connectivity index (χ1n) is 29.8. The fraction of sp³-hybridized carbons (Fsp3) is 0. The SMILES string of the molecule is c1ccc(N(c2ccccc2)c2cc3c4c(c2)N(c2ccccc2)c2ccccc2B4c2cc4c(cc2O3)N(c2ccc3c(c2)[se]c2ccccc23)c2cc(N(c3ccccc3)c3ccccc3)cc3c2B4c2ccccc2N3c2ccccc2)cc1. The van der Waals surface area contributed by atoms with E-state index in [0.29, 0.717) is 0 Å². The number of nitrogens with zero attached hydrogens (tertiary/aromatic N) is 5. The summed E-state index contributed by atoms with van der Waals surface area (Å²) in [5.74, 6) is 1.68. The van der Waals surface area contributed by atoms with Crippen LogP contribution in [-0.2, 0) is 0 Å². The molecule has 4 aliphatic heterocycles. The Balaban J connectivity index is 0.937. The zero-order valence-electron chi connectivity index (χ0n) is 47.2. The Morgan fingerprint density at radius 2 is 0.690 bits per heavy atom. The van der Waals surface area contributed by atoms with Crippen LogP contribution in [-0.4, -0.2) is 27.9 Å². The van der Waals surface area contributed by atoms with Gasteiger partial charge in [0, 0.05) is 17.1 Å². The van der Waals surface area contributed by atoms with Gasteiger partial charge in [0.05, 0.1) is 0 Å². The molecular formula is C78H51B2N5OSe. The third kappa shape index (κ3) is 7.83. The molecule has 13 aromatic carbocycles. The molecule has 0 saturated heterocycles. The molecule has 0 N–H and O–H groups in total. The number of ether oxygens (including phenoxy) is 1. The molecule has 0 unspecified atom stereocenters. The predicted octanol–water partition coefficient (Wildman–Crippen LogP) is 16.5. The summed E-state index contributed by atoms with van der Waals surface area (Å²) in [4.78, 5) is 12.3. The summed E-state index contributed by atoms with van der Waals surface area (Å²) in [6.45, 7) is -0.325. The van der Waals surface area contributed by atoms with Gasteiger partial charge in [0.2, 0.25) is 0 Å². The summed E-state index contributed by atoms with van der Waals surface area (Å²) in [7, 11) is 0. The van der Waals surface area contributed by atoms with Gasteiger partial charge in [-0.15, -0.1) is 0 Å². The number of hydrogen-bond donors (Lipinski definition) is 0. The van der Waals surface area contributed by atoms with Gasteiger partial charge in [0.15, 0.2) is 0 Å². The van der Waals surface area contributed by atoms with E-state index in [1.54, 1.807) is 0 Å². The van der Waals surface area contributed by atoms with E-state index in [-0.39, 0.29) is 27.9 Å². The molecule has 14 aromatic rings. The van der Waals surface area contributed by atoms with Crippen LogP contribution in [0.4, 0.5) is 85.3 Å². The Morgan fingerprint density at radius 3 is 1.23 bits per heavy atom. The van der Waals surface area contributed by atoms with Crippen molar-refractivity contribution in [2.45, 2.75) is 0 Å². The Bertz CT molecular complexity index is 4940. The van der Waals surface area contributed by atoms with Gasteiger partial charge in [-0.05, 0) is 36.4 Å². The maximum atomic E-state index is 7.78. The number of anilines is 15. The van der Waals surface area contributed by atoms with Crippen LogP contribution in [0.1, 0.15) is 0 Å². The van der Waals surface area contributed by atoms with E-state index in [1.165, 1.54) is 41.1 Å². The van der Waals surface area contributed by atoms with Crippen LogP contribution < -0.4 is 62.0 Å². The molecule has 0 fully saturated rings. The van der Waals surface area contributed by atoms with Gasteiger partial charge in [-0.2, -0.15) is 0 Å². The van der Waals surface area contributed by atoms with Crippen LogP contribution in [0.25, 0.3) is 19.3 Å². The zero-order chi connectivity index (χ0) is 57.1. The van der Waals surface area contributed by atoms with Gasteiger partial charge >= 0.3 is 401 Å². The van der Waals surface area contributed by atoms with Crippen molar-refractivity contribution in [2.24, 2.45) is 0 Å². The molecule has 0 radical (unpaired) electrons. The van der Waals surface area contributed by atoms with E-state index in [1.807, 2.05) is 0 Å². The molecule has 0 saturated carbocycles. The van der Waals surface area contributed by atoms with Gasteiger partial charge in [-0.25, -0.2) is 0 Å². The van der Waals surface area contributed by atoms with Gasteiger partial charge < -0.3 is 0 Å². The van der Waals surface area contributed by atoms with Gasteiger partial charge in [-0.3, -0.25) is 0 Å². The first-order chi connectivity index (χ1) is 43.2. The van der Waals surface area contributed by atoms with Crippen molar-refractivity contribution in [2.75, 3.05) is 24.5 Å². The van der Waals surface area contributed by atoms with Crippen molar-refractivity contribution in [1.82, 2.24) is 0 Å². The molecule has 1 aromatic heterocycles. The average molecular weight is 1170 g/mol. The molecule has 6 nitrogen and oxygen atoms in total. The van der Waals surface area contributed by atoms with Crippen molar-refractivity contribution in [1.29, 1.82) is 0 Å². The van der Waals surface area contributed by atoms with Crippen molar-refractivity contribution in [3.8, 4) is 11.5 Å². The average Bonchev–Trinajstić information content (AvgIpc) is 1.04. The minimum Gasteiger partial charge on any atom is -0.0602 e. The van der Waals surface area contributed by atoms with Gasteiger partial charge in [0.25, 0.3) is 0 Å². The number of hydrogen-bond acceptors (Lipinski definition) is 6. The number of fused-ring (bicyclic) bond motifs is 11. The number of para-hydroxylation sites is 8. The van der Waals surface area contributed by atoms with E-state index < -0.39 is 0 Å². The molecule has 18 rings (SSSR count). The smallest absolute Gasteiger partial charge is 0.0380 e. The Morgan fingerprint density at radius 1 is 0.264 bits per heavy atom. The van der Waals surface area contributed by atoms with Gasteiger partial charge in [-0.1, -0.05) is 60.7 Å². The molecule has 4 aliphatic rings. The maximum Gasteiger partial charge on any atom is -0.0380 e. The normalized spacial score (nSPS) is 13.0. The monoisotopic (exact) mass is 1180 g/mol. The topological polar surface area (TPSA) is 25.4 Å². The Hall–Kier alpha value is -10.7. The Kier molecular flexibility index (Phi) is 11.4. The summed E-state index contributed by atoms with van der Waals surface area (Å²) in [5.41, 5.74) is 23.6. The van der Waals surface area contributed by atoms with Crippen LogP contribution in [0.5, 0.6) is 11.5 Å². The summed E-state index contributed by atoms with van der Waals surface area (Å²) >= 11 is 0.123. The minimum absolute atomic E-state index is 0.123. The molecule has 0 atom stereocenters. The van der Waals surface area contributed by atoms with E-state index in [2.05, 4.69) is 334 Å². The van der Waals surface area contributed by atoms with Crippen LogP contribution in [0.15, 0.2) is 309 Å².